The second-order valence-electron chi connectivity index (χ2n) is 4.12. The zero-order chi connectivity index (χ0) is 15.3. The van der Waals surface area contributed by atoms with Crippen molar-refractivity contribution in [3.63, 3.8) is 0 Å². The van der Waals surface area contributed by atoms with Crippen molar-refractivity contribution in [1.29, 1.82) is 0 Å². The van der Waals surface area contributed by atoms with Gasteiger partial charge in [0.25, 0.3) is 0 Å². The molecule has 1 rings (SSSR count). The summed E-state index contributed by atoms with van der Waals surface area (Å²) in [6.45, 7) is 1.36. The van der Waals surface area contributed by atoms with Gasteiger partial charge in [-0.25, -0.2) is 8.78 Å². The molecule has 0 radical (unpaired) electrons. The smallest absolute Gasteiger partial charge is 0.185 e. The molecule has 4 nitrogen and oxygen atoms in total. The SMILES string of the molecule is CC(=O)SCCC(O)C(O)c1ccc(F)c(C=O)c1F. The highest BCUT2D eigenvalue weighted by Gasteiger charge is 2.24. The van der Waals surface area contributed by atoms with Crippen LogP contribution in [-0.2, 0) is 4.79 Å². The number of carbonyl (C=O) groups excluding carboxylic acids is 2. The van der Waals surface area contributed by atoms with E-state index in [1.807, 2.05) is 0 Å². The Labute approximate surface area is 118 Å². The summed E-state index contributed by atoms with van der Waals surface area (Å²) in [6.07, 6.45) is -2.85. The predicted octanol–water partition coefficient (Wildman–Crippen LogP) is 1.84. The maximum Gasteiger partial charge on any atom is 0.185 e. The molecule has 0 saturated heterocycles. The molecule has 2 N–H and O–H groups in total. The lowest BCUT2D eigenvalue weighted by Gasteiger charge is -2.19. The van der Waals surface area contributed by atoms with Crippen LogP contribution in [0.25, 0.3) is 0 Å². The molecule has 0 fully saturated rings. The van der Waals surface area contributed by atoms with E-state index in [0.29, 0.717) is 0 Å². The average Bonchev–Trinajstić information content (AvgIpc) is 2.38. The summed E-state index contributed by atoms with van der Waals surface area (Å²) >= 11 is 0.967. The van der Waals surface area contributed by atoms with E-state index in [0.717, 1.165) is 23.9 Å². The number of benzene rings is 1. The van der Waals surface area contributed by atoms with Crippen molar-refractivity contribution < 1.29 is 28.6 Å². The second-order valence-corrected chi connectivity index (χ2v) is 5.39. The van der Waals surface area contributed by atoms with Gasteiger partial charge in [-0.3, -0.25) is 9.59 Å². The molecule has 0 amide bonds. The van der Waals surface area contributed by atoms with Crippen LogP contribution in [0.15, 0.2) is 12.1 Å². The van der Waals surface area contributed by atoms with Crippen LogP contribution in [0.1, 0.15) is 35.4 Å². The van der Waals surface area contributed by atoms with Crippen LogP contribution < -0.4 is 0 Å². The molecule has 20 heavy (non-hydrogen) atoms. The lowest BCUT2D eigenvalue weighted by Crippen LogP contribution is -2.21. The van der Waals surface area contributed by atoms with Gasteiger partial charge in [-0.05, 0) is 12.5 Å². The fourth-order valence-corrected chi connectivity index (χ4v) is 2.26. The molecule has 1 aromatic rings. The van der Waals surface area contributed by atoms with Crippen molar-refractivity contribution in [3.05, 3.63) is 34.9 Å². The molecule has 110 valence electrons. The lowest BCUT2D eigenvalue weighted by atomic mass is 9.99. The van der Waals surface area contributed by atoms with Crippen molar-refractivity contribution in [2.45, 2.75) is 25.6 Å². The van der Waals surface area contributed by atoms with Gasteiger partial charge < -0.3 is 10.2 Å². The molecule has 1 aromatic carbocycles. The van der Waals surface area contributed by atoms with Crippen molar-refractivity contribution in [2.24, 2.45) is 0 Å². The maximum atomic E-state index is 13.8. The summed E-state index contributed by atoms with van der Waals surface area (Å²) in [4.78, 5) is 21.3. The molecule has 2 atom stereocenters. The van der Waals surface area contributed by atoms with E-state index in [1.54, 1.807) is 0 Å². The fraction of sp³-hybridized carbons (Fsp3) is 0.385. The van der Waals surface area contributed by atoms with Gasteiger partial charge in [0.15, 0.2) is 11.4 Å². The number of aliphatic hydroxyl groups is 2. The van der Waals surface area contributed by atoms with Crippen molar-refractivity contribution in [3.8, 4) is 0 Å². The first-order chi connectivity index (χ1) is 9.38. The summed E-state index contributed by atoms with van der Waals surface area (Å²) < 4.78 is 26.9. The van der Waals surface area contributed by atoms with Gasteiger partial charge >= 0.3 is 0 Å². The molecule has 0 heterocycles. The highest BCUT2D eigenvalue weighted by atomic mass is 32.2. The number of aliphatic hydroxyl groups excluding tert-OH is 2. The van der Waals surface area contributed by atoms with Crippen molar-refractivity contribution >= 4 is 23.2 Å². The largest absolute Gasteiger partial charge is 0.390 e. The number of halogens is 2. The van der Waals surface area contributed by atoms with E-state index < -0.39 is 29.4 Å². The summed E-state index contributed by atoms with van der Waals surface area (Å²) in [5.74, 6) is -1.96. The van der Waals surface area contributed by atoms with Crippen molar-refractivity contribution in [2.75, 3.05) is 5.75 Å². The zero-order valence-corrected chi connectivity index (χ0v) is 11.5. The van der Waals surface area contributed by atoms with Gasteiger partial charge in [0.1, 0.15) is 17.7 Å². The normalized spacial score (nSPS) is 13.8. The van der Waals surface area contributed by atoms with Gasteiger partial charge in [0, 0.05) is 18.2 Å². The van der Waals surface area contributed by atoms with Crippen LogP contribution in [0.3, 0.4) is 0 Å². The Bertz CT molecular complexity index is 507. The number of rotatable bonds is 6. The Morgan fingerprint density at radius 2 is 2.05 bits per heavy atom. The second kappa shape index (κ2) is 7.47. The first-order valence-corrected chi connectivity index (χ1v) is 6.79. The fourth-order valence-electron chi connectivity index (χ4n) is 1.61. The predicted molar refractivity (Wildman–Crippen MR) is 70.5 cm³/mol. The average molecular weight is 304 g/mol. The molecule has 0 aliphatic carbocycles. The minimum atomic E-state index is -1.60. The Morgan fingerprint density at radius 3 is 2.60 bits per heavy atom. The number of thioether (sulfide) groups is 1. The van der Waals surface area contributed by atoms with E-state index in [2.05, 4.69) is 0 Å². The summed E-state index contributed by atoms with van der Waals surface area (Å²) in [5, 5.41) is 19.4. The Morgan fingerprint density at radius 1 is 1.40 bits per heavy atom. The van der Waals surface area contributed by atoms with E-state index in [9.17, 15) is 28.6 Å². The van der Waals surface area contributed by atoms with Crippen LogP contribution in [0.5, 0.6) is 0 Å². The Kier molecular flexibility index (Phi) is 6.25. The highest BCUT2D eigenvalue weighted by molar-refractivity contribution is 8.13. The zero-order valence-electron chi connectivity index (χ0n) is 10.7. The number of aldehydes is 1. The molecule has 0 bridgehead atoms. The van der Waals surface area contributed by atoms with Gasteiger partial charge in [0.05, 0.1) is 11.7 Å². The lowest BCUT2D eigenvalue weighted by molar-refractivity contribution is -0.109. The molecule has 0 aliphatic rings. The van der Waals surface area contributed by atoms with Gasteiger partial charge in [-0.2, -0.15) is 0 Å². The maximum absolute atomic E-state index is 13.8. The van der Waals surface area contributed by atoms with Gasteiger partial charge in [-0.15, -0.1) is 0 Å². The highest BCUT2D eigenvalue weighted by Crippen LogP contribution is 2.25. The van der Waals surface area contributed by atoms with Crippen LogP contribution in [0.4, 0.5) is 8.78 Å². The Hall–Kier alpha value is -1.31. The number of carbonyl (C=O) groups is 2. The molecule has 7 heteroatoms. The Balaban J connectivity index is 2.83. The van der Waals surface area contributed by atoms with Gasteiger partial charge in [0.2, 0.25) is 0 Å². The third-order valence-corrected chi connectivity index (χ3v) is 3.52. The molecular weight excluding hydrogens is 290 g/mol. The van der Waals surface area contributed by atoms with Crippen LogP contribution in [0, 0.1) is 11.6 Å². The van der Waals surface area contributed by atoms with Crippen molar-refractivity contribution in [1.82, 2.24) is 0 Å². The van der Waals surface area contributed by atoms with E-state index in [1.165, 1.54) is 6.92 Å². The monoisotopic (exact) mass is 304 g/mol. The van der Waals surface area contributed by atoms with Crippen LogP contribution in [-0.4, -0.2) is 33.5 Å². The molecule has 0 aliphatic heterocycles. The first-order valence-electron chi connectivity index (χ1n) is 5.81. The third-order valence-electron chi connectivity index (χ3n) is 2.68. The minimum Gasteiger partial charge on any atom is -0.390 e. The molecule has 0 spiro atoms. The number of hydrogen-bond acceptors (Lipinski definition) is 5. The van der Waals surface area contributed by atoms with E-state index in [4.69, 9.17) is 0 Å². The van der Waals surface area contributed by atoms with Gasteiger partial charge in [-0.1, -0.05) is 17.8 Å². The minimum absolute atomic E-state index is 0.0128. The molecular formula is C13H14F2O4S. The quantitative estimate of drug-likeness (QED) is 0.784. The molecule has 0 aromatic heterocycles. The summed E-state index contributed by atoms with van der Waals surface area (Å²) in [6, 6.07) is 1.83. The molecule has 0 saturated carbocycles. The topological polar surface area (TPSA) is 74.6 Å². The van der Waals surface area contributed by atoms with Crippen LogP contribution >= 0.6 is 11.8 Å². The van der Waals surface area contributed by atoms with E-state index >= 15 is 0 Å². The third kappa shape index (κ3) is 4.09. The number of hydrogen-bond donors (Lipinski definition) is 2. The van der Waals surface area contributed by atoms with E-state index in [-0.39, 0.29) is 29.1 Å². The summed E-state index contributed by atoms with van der Waals surface area (Å²) in [7, 11) is 0. The molecule has 2 unspecified atom stereocenters. The van der Waals surface area contributed by atoms with Crippen LogP contribution in [0.2, 0.25) is 0 Å². The first kappa shape index (κ1) is 16.7. The standard InChI is InChI=1S/C13H14F2O4S/c1-7(17)20-5-4-11(18)13(19)8-2-3-10(14)9(6-16)12(8)15/h2-3,6,11,13,18-19H,4-5H2,1H3. The summed E-state index contributed by atoms with van der Waals surface area (Å²) in [5.41, 5.74) is -1.14.